The third-order valence-electron chi connectivity index (χ3n) is 3.76. The maximum absolute atomic E-state index is 12.3. The number of amides is 2. The minimum absolute atomic E-state index is 0.0157. The molecule has 2 N–H and O–H groups in total. The molecule has 24 heavy (non-hydrogen) atoms. The van der Waals surface area contributed by atoms with Crippen LogP contribution in [0.15, 0.2) is 53.1 Å². The summed E-state index contributed by atoms with van der Waals surface area (Å²) in [5, 5.41) is 5.63. The Labute approximate surface area is 142 Å². The molecule has 0 aliphatic heterocycles. The summed E-state index contributed by atoms with van der Waals surface area (Å²) in [6.45, 7) is 4.38. The van der Waals surface area contributed by atoms with Crippen LogP contribution in [0.25, 0.3) is 0 Å². The van der Waals surface area contributed by atoms with E-state index < -0.39 is 6.04 Å². The number of carbonyl (C=O) groups is 2. The van der Waals surface area contributed by atoms with E-state index in [1.807, 2.05) is 32.0 Å². The highest BCUT2D eigenvalue weighted by molar-refractivity contribution is 5.95. The number of nitrogens with one attached hydrogen (secondary N) is 2. The van der Waals surface area contributed by atoms with Gasteiger partial charge >= 0.3 is 0 Å². The van der Waals surface area contributed by atoms with E-state index in [1.165, 1.54) is 11.8 Å². The van der Waals surface area contributed by atoms with Crippen LogP contribution in [0.5, 0.6) is 0 Å². The smallest absolute Gasteiger partial charge is 0.287 e. The van der Waals surface area contributed by atoms with Crippen LogP contribution in [0, 0.1) is 5.92 Å². The molecule has 0 bridgehead atoms. The number of hydrogen-bond donors (Lipinski definition) is 2. The largest absolute Gasteiger partial charge is 0.459 e. The van der Waals surface area contributed by atoms with Gasteiger partial charge in [0, 0.05) is 6.54 Å². The van der Waals surface area contributed by atoms with Crippen LogP contribution in [0.2, 0.25) is 0 Å². The highest BCUT2D eigenvalue weighted by atomic mass is 16.3. The molecule has 2 rings (SSSR count). The van der Waals surface area contributed by atoms with Crippen LogP contribution >= 0.6 is 0 Å². The van der Waals surface area contributed by atoms with Gasteiger partial charge in [-0.25, -0.2) is 0 Å². The van der Waals surface area contributed by atoms with Crippen LogP contribution in [0.3, 0.4) is 0 Å². The molecule has 0 radical (unpaired) electrons. The second-order valence-corrected chi connectivity index (χ2v) is 6.05. The predicted octanol–water partition coefficient (Wildman–Crippen LogP) is 2.78. The van der Waals surface area contributed by atoms with E-state index in [9.17, 15) is 9.59 Å². The zero-order valence-corrected chi connectivity index (χ0v) is 14.1. The van der Waals surface area contributed by atoms with Crippen LogP contribution in [-0.4, -0.2) is 24.4 Å². The third-order valence-corrected chi connectivity index (χ3v) is 3.76. The van der Waals surface area contributed by atoms with E-state index in [0.29, 0.717) is 6.54 Å². The van der Waals surface area contributed by atoms with Gasteiger partial charge in [-0.15, -0.1) is 0 Å². The topological polar surface area (TPSA) is 71.3 Å². The van der Waals surface area contributed by atoms with Crippen molar-refractivity contribution in [1.82, 2.24) is 10.6 Å². The van der Waals surface area contributed by atoms with Gasteiger partial charge in [-0.05, 0) is 36.5 Å². The number of hydrogen-bond acceptors (Lipinski definition) is 3. The zero-order valence-electron chi connectivity index (χ0n) is 14.1. The standard InChI is InChI=1S/C19H24N2O3/c1-14(2)17(21-18(22)16-11-7-13-24-16)19(23)20-12-6-10-15-8-4-3-5-9-15/h3-5,7-9,11,13-14,17H,6,10,12H2,1-2H3,(H,20,23)(H,21,22). The maximum atomic E-state index is 12.3. The quantitative estimate of drug-likeness (QED) is 0.732. The first kappa shape index (κ1) is 17.8. The van der Waals surface area contributed by atoms with Crippen molar-refractivity contribution in [2.75, 3.05) is 6.54 Å². The molecule has 1 aromatic heterocycles. The first-order chi connectivity index (χ1) is 11.6. The molecule has 1 unspecified atom stereocenters. The molecule has 128 valence electrons. The van der Waals surface area contributed by atoms with Gasteiger partial charge in [0.1, 0.15) is 6.04 Å². The van der Waals surface area contributed by atoms with Crippen LogP contribution < -0.4 is 10.6 Å². The maximum Gasteiger partial charge on any atom is 0.287 e. The Morgan fingerprint density at radius 2 is 1.83 bits per heavy atom. The summed E-state index contributed by atoms with van der Waals surface area (Å²) in [7, 11) is 0. The van der Waals surface area contributed by atoms with Crippen molar-refractivity contribution in [3.05, 3.63) is 60.1 Å². The molecule has 2 amide bonds. The monoisotopic (exact) mass is 328 g/mol. The number of aryl methyl sites for hydroxylation is 1. The fourth-order valence-electron chi connectivity index (χ4n) is 2.41. The summed E-state index contributed by atoms with van der Waals surface area (Å²) in [6.07, 6.45) is 3.20. The van der Waals surface area contributed by atoms with Crippen molar-refractivity contribution in [3.63, 3.8) is 0 Å². The van der Waals surface area contributed by atoms with Gasteiger partial charge in [-0.1, -0.05) is 44.2 Å². The number of furan rings is 1. The summed E-state index contributed by atoms with van der Waals surface area (Å²) in [6, 6.07) is 12.8. The van der Waals surface area contributed by atoms with Gasteiger partial charge < -0.3 is 15.1 Å². The lowest BCUT2D eigenvalue weighted by Gasteiger charge is -2.21. The van der Waals surface area contributed by atoms with Gasteiger partial charge in [0.05, 0.1) is 6.26 Å². The van der Waals surface area contributed by atoms with Crippen molar-refractivity contribution in [1.29, 1.82) is 0 Å². The average molecular weight is 328 g/mol. The molecule has 1 aromatic carbocycles. The summed E-state index contributed by atoms with van der Waals surface area (Å²) in [5.74, 6) is -0.355. The normalized spacial score (nSPS) is 12.0. The van der Waals surface area contributed by atoms with E-state index >= 15 is 0 Å². The Morgan fingerprint density at radius 1 is 1.08 bits per heavy atom. The molecule has 0 saturated carbocycles. The van der Waals surface area contributed by atoms with Crippen LogP contribution in [0.1, 0.15) is 36.4 Å². The molecule has 0 saturated heterocycles. The Balaban J connectivity index is 1.79. The van der Waals surface area contributed by atoms with Crippen molar-refractivity contribution < 1.29 is 14.0 Å². The third kappa shape index (κ3) is 5.26. The molecular weight excluding hydrogens is 304 g/mol. The first-order valence-corrected chi connectivity index (χ1v) is 8.24. The van der Waals surface area contributed by atoms with Crippen molar-refractivity contribution in [2.24, 2.45) is 5.92 Å². The second-order valence-electron chi connectivity index (χ2n) is 6.05. The summed E-state index contributed by atoms with van der Waals surface area (Å²) in [5.41, 5.74) is 1.25. The lowest BCUT2D eigenvalue weighted by Crippen LogP contribution is -2.49. The molecule has 2 aromatic rings. The number of rotatable bonds is 8. The van der Waals surface area contributed by atoms with E-state index in [0.717, 1.165) is 12.8 Å². The summed E-state index contributed by atoms with van der Waals surface area (Å²) in [4.78, 5) is 24.4. The van der Waals surface area contributed by atoms with Gasteiger partial charge in [0.2, 0.25) is 5.91 Å². The second kappa shape index (κ2) is 8.91. The molecule has 5 nitrogen and oxygen atoms in total. The van der Waals surface area contributed by atoms with Gasteiger partial charge in [-0.2, -0.15) is 0 Å². The zero-order chi connectivity index (χ0) is 17.4. The number of benzene rings is 1. The van der Waals surface area contributed by atoms with E-state index in [1.54, 1.807) is 12.1 Å². The molecule has 1 atom stereocenters. The van der Waals surface area contributed by atoms with Crippen molar-refractivity contribution in [3.8, 4) is 0 Å². The molecule has 5 heteroatoms. The van der Waals surface area contributed by atoms with Gasteiger partial charge in [0.25, 0.3) is 5.91 Å². The Morgan fingerprint density at radius 3 is 2.46 bits per heavy atom. The predicted molar refractivity (Wildman–Crippen MR) is 92.6 cm³/mol. The van der Waals surface area contributed by atoms with E-state index in [-0.39, 0.29) is 23.5 Å². The molecule has 0 fully saturated rings. The summed E-state index contributed by atoms with van der Waals surface area (Å²) < 4.78 is 5.06. The van der Waals surface area contributed by atoms with E-state index in [2.05, 4.69) is 22.8 Å². The van der Waals surface area contributed by atoms with E-state index in [4.69, 9.17) is 4.42 Å². The van der Waals surface area contributed by atoms with Gasteiger partial charge in [-0.3, -0.25) is 9.59 Å². The first-order valence-electron chi connectivity index (χ1n) is 8.24. The van der Waals surface area contributed by atoms with Crippen molar-refractivity contribution >= 4 is 11.8 Å². The highest BCUT2D eigenvalue weighted by Gasteiger charge is 2.25. The molecule has 1 heterocycles. The SMILES string of the molecule is CC(C)C(NC(=O)c1ccco1)C(=O)NCCCc1ccccc1. The van der Waals surface area contributed by atoms with Gasteiger partial charge in [0.15, 0.2) is 5.76 Å². The lowest BCUT2D eigenvalue weighted by molar-refractivity contribution is -0.123. The van der Waals surface area contributed by atoms with Crippen LogP contribution in [0.4, 0.5) is 0 Å². The Kier molecular flexibility index (Phi) is 6.61. The molecular formula is C19H24N2O3. The Bertz CT molecular complexity index is 636. The Hall–Kier alpha value is -2.56. The minimum Gasteiger partial charge on any atom is -0.459 e. The van der Waals surface area contributed by atoms with Crippen molar-refractivity contribution in [2.45, 2.75) is 32.7 Å². The fourth-order valence-corrected chi connectivity index (χ4v) is 2.41. The average Bonchev–Trinajstić information content (AvgIpc) is 3.11. The number of carbonyl (C=O) groups excluding carboxylic acids is 2. The van der Waals surface area contributed by atoms with Crippen LogP contribution in [-0.2, 0) is 11.2 Å². The summed E-state index contributed by atoms with van der Waals surface area (Å²) >= 11 is 0. The lowest BCUT2D eigenvalue weighted by atomic mass is 10.0. The molecule has 0 aliphatic rings. The highest BCUT2D eigenvalue weighted by Crippen LogP contribution is 2.06. The molecule has 0 aliphatic carbocycles. The fraction of sp³-hybridized carbons (Fsp3) is 0.368. The molecule has 0 spiro atoms. The minimum atomic E-state index is -0.584.